The van der Waals surface area contributed by atoms with E-state index in [4.69, 9.17) is 0 Å². The van der Waals surface area contributed by atoms with Crippen molar-refractivity contribution in [1.29, 1.82) is 0 Å². The number of likely N-dealkylation sites (N-methyl/N-ethyl adjacent to an activating group) is 1. The maximum Gasteiger partial charge on any atom is 0.324 e. The van der Waals surface area contributed by atoms with Gasteiger partial charge in [-0.2, -0.15) is 0 Å². The lowest BCUT2D eigenvalue weighted by atomic mass is 9.95. The van der Waals surface area contributed by atoms with Crippen LogP contribution in [0.15, 0.2) is 48.5 Å². The molecule has 5 amide bonds. The minimum atomic E-state index is -0.911. The maximum atomic E-state index is 13.9. The molecule has 4 aliphatic rings. The molecule has 6 rings (SSSR count). The van der Waals surface area contributed by atoms with E-state index in [2.05, 4.69) is 16.0 Å². The van der Waals surface area contributed by atoms with Gasteiger partial charge in [-0.1, -0.05) is 49.2 Å². The number of fused-ring (bicyclic) bond motifs is 1. The molecule has 0 bridgehead atoms. The molecule has 1 saturated carbocycles. The number of rotatable bonds is 4. The number of carbonyl (C=O) groups is 4. The van der Waals surface area contributed by atoms with Gasteiger partial charge in [-0.05, 0) is 54.6 Å². The van der Waals surface area contributed by atoms with Gasteiger partial charge < -0.3 is 20.4 Å². The number of imide groups is 1. The van der Waals surface area contributed by atoms with Crippen LogP contribution in [0.3, 0.4) is 0 Å². The van der Waals surface area contributed by atoms with Gasteiger partial charge in [-0.3, -0.25) is 19.7 Å². The molecule has 2 aromatic rings. The molecule has 3 fully saturated rings. The van der Waals surface area contributed by atoms with Gasteiger partial charge in [-0.25, -0.2) is 4.79 Å². The quantitative estimate of drug-likeness (QED) is 0.542. The summed E-state index contributed by atoms with van der Waals surface area (Å²) in [5, 5.41) is 8.93. The van der Waals surface area contributed by atoms with Crippen LogP contribution in [-0.4, -0.2) is 64.8 Å². The first-order valence-electron chi connectivity index (χ1n) is 13.4. The number of benzene rings is 2. The van der Waals surface area contributed by atoms with Crippen LogP contribution in [0.1, 0.15) is 54.8 Å². The van der Waals surface area contributed by atoms with Gasteiger partial charge in [0.25, 0.3) is 5.91 Å². The number of nitrogens with one attached hydrogen (secondary N) is 3. The summed E-state index contributed by atoms with van der Waals surface area (Å²) in [6.07, 6.45) is 5.18. The van der Waals surface area contributed by atoms with Crippen LogP contribution in [0.2, 0.25) is 0 Å². The highest BCUT2D eigenvalue weighted by Gasteiger charge is 2.54. The lowest BCUT2D eigenvalue weighted by molar-refractivity contribution is -0.142. The van der Waals surface area contributed by atoms with Crippen molar-refractivity contribution in [3.05, 3.63) is 65.2 Å². The Balaban J connectivity index is 1.22. The minimum absolute atomic E-state index is 0.00680. The normalized spacial score (nSPS) is 26.1. The molecule has 2 aliphatic heterocycles. The molecule has 2 heterocycles. The van der Waals surface area contributed by atoms with Gasteiger partial charge in [0.15, 0.2) is 0 Å². The van der Waals surface area contributed by atoms with E-state index >= 15 is 0 Å². The summed E-state index contributed by atoms with van der Waals surface area (Å²) < 4.78 is 0. The molecule has 2 unspecified atom stereocenters. The molecule has 38 heavy (non-hydrogen) atoms. The Morgan fingerprint density at radius 3 is 2.47 bits per heavy atom. The van der Waals surface area contributed by atoms with E-state index in [1.54, 1.807) is 11.9 Å². The topological polar surface area (TPSA) is 111 Å². The average molecular weight is 516 g/mol. The molecule has 3 N–H and O–H groups in total. The Morgan fingerprint density at radius 2 is 1.76 bits per heavy atom. The van der Waals surface area contributed by atoms with Crippen molar-refractivity contribution in [3.8, 4) is 0 Å². The molecule has 2 spiro atoms. The van der Waals surface area contributed by atoms with Gasteiger partial charge >= 0.3 is 6.03 Å². The zero-order valence-corrected chi connectivity index (χ0v) is 21.6. The SMILES string of the molecule is CN1C(=O)NC(=O)C12Cc1ccc(NC(=O)CN3C(=O)C4(CCCC4)NCCC3c3ccccc3)cc1C2. The fraction of sp³-hybridized carbons (Fsp3) is 0.448. The number of nitrogens with zero attached hydrogens (tertiary/aromatic N) is 2. The van der Waals surface area contributed by atoms with Gasteiger partial charge in [0.05, 0.1) is 11.6 Å². The fourth-order valence-corrected chi connectivity index (χ4v) is 6.80. The molecule has 9 nitrogen and oxygen atoms in total. The Hall–Kier alpha value is -3.72. The van der Waals surface area contributed by atoms with Crippen molar-refractivity contribution < 1.29 is 19.2 Å². The van der Waals surface area contributed by atoms with E-state index in [0.29, 0.717) is 18.5 Å². The van der Waals surface area contributed by atoms with Crippen LogP contribution in [0.5, 0.6) is 0 Å². The summed E-state index contributed by atoms with van der Waals surface area (Å²) in [6.45, 7) is 0.684. The van der Waals surface area contributed by atoms with Gasteiger partial charge in [-0.15, -0.1) is 0 Å². The Labute approximate surface area is 221 Å². The van der Waals surface area contributed by atoms with Crippen molar-refractivity contribution in [1.82, 2.24) is 20.4 Å². The molecule has 0 radical (unpaired) electrons. The van der Waals surface area contributed by atoms with Gasteiger partial charge in [0, 0.05) is 25.6 Å². The largest absolute Gasteiger partial charge is 0.325 e. The summed E-state index contributed by atoms with van der Waals surface area (Å²) in [5.74, 6) is -0.534. The van der Waals surface area contributed by atoms with Gasteiger partial charge in [0.1, 0.15) is 12.1 Å². The Bertz CT molecular complexity index is 1310. The van der Waals surface area contributed by atoms with Crippen LogP contribution < -0.4 is 16.0 Å². The highest BCUT2D eigenvalue weighted by molar-refractivity contribution is 6.07. The molecule has 9 heteroatoms. The van der Waals surface area contributed by atoms with E-state index in [1.165, 1.54) is 4.90 Å². The van der Waals surface area contributed by atoms with E-state index in [-0.39, 0.29) is 36.3 Å². The second kappa shape index (κ2) is 9.23. The summed E-state index contributed by atoms with van der Waals surface area (Å²) in [4.78, 5) is 55.2. The second-order valence-electron chi connectivity index (χ2n) is 11.1. The van der Waals surface area contributed by atoms with Crippen molar-refractivity contribution in [3.63, 3.8) is 0 Å². The van der Waals surface area contributed by atoms with E-state index in [0.717, 1.165) is 55.3 Å². The number of urea groups is 1. The third-order valence-corrected chi connectivity index (χ3v) is 8.93. The standard InChI is InChI=1S/C29H33N5O4/c1-33-27(38)32-25(36)29(33)16-20-9-10-22(15-21(20)17-29)31-24(35)18-34-23(19-7-3-2-4-8-19)11-14-30-28(26(34)37)12-5-6-13-28/h2-4,7-10,15,23,30H,5-6,11-14,16-18H2,1H3,(H,31,35)(H,32,36,38). The number of amides is 5. The molecule has 2 saturated heterocycles. The third-order valence-electron chi connectivity index (χ3n) is 8.93. The van der Waals surface area contributed by atoms with Crippen molar-refractivity contribution in [2.45, 2.75) is 62.1 Å². The van der Waals surface area contributed by atoms with Crippen LogP contribution in [0.4, 0.5) is 10.5 Å². The minimum Gasteiger partial charge on any atom is -0.325 e. The average Bonchev–Trinajstić information content (AvgIpc) is 3.57. The molecular weight excluding hydrogens is 482 g/mol. The number of carbonyl (C=O) groups excluding carboxylic acids is 4. The summed E-state index contributed by atoms with van der Waals surface area (Å²) in [7, 11) is 1.64. The van der Waals surface area contributed by atoms with E-state index in [1.807, 2.05) is 48.5 Å². The van der Waals surface area contributed by atoms with Crippen molar-refractivity contribution in [2.75, 3.05) is 25.5 Å². The molecule has 2 aromatic carbocycles. The molecule has 2 atom stereocenters. The van der Waals surface area contributed by atoms with Crippen LogP contribution >= 0.6 is 0 Å². The highest BCUT2D eigenvalue weighted by atomic mass is 16.2. The second-order valence-corrected chi connectivity index (χ2v) is 11.1. The predicted octanol–water partition coefficient (Wildman–Crippen LogP) is 2.52. The lowest BCUT2D eigenvalue weighted by Gasteiger charge is -2.35. The first kappa shape index (κ1) is 24.6. The zero-order chi connectivity index (χ0) is 26.5. The predicted molar refractivity (Wildman–Crippen MR) is 141 cm³/mol. The molecular formula is C29H33N5O4. The Kier molecular flexibility index (Phi) is 5.98. The lowest BCUT2D eigenvalue weighted by Crippen LogP contribution is -2.55. The number of hydrogen-bond acceptors (Lipinski definition) is 5. The molecule has 0 aromatic heterocycles. The van der Waals surface area contributed by atoms with E-state index < -0.39 is 11.1 Å². The smallest absolute Gasteiger partial charge is 0.324 e. The first-order chi connectivity index (χ1) is 18.3. The number of hydrogen-bond donors (Lipinski definition) is 3. The fourth-order valence-electron chi connectivity index (χ4n) is 6.80. The summed E-state index contributed by atoms with van der Waals surface area (Å²) in [5.41, 5.74) is 2.07. The maximum absolute atomic E-state index is 13.9. The van der Waals surface area contributed by atoms with Crippen LogP contribution in [0, 0.1) is 0 Å². The van der Waals surface area contributed by atoms with Crippen LogP contribution in [-0.2, 0) is 27.2 Å². The summed E-state index contributed by atoms with van der Waals surface area (Å²) in [6, 6.07) is 15.0. The van der Waals surface area contributed by atoms with Crippen molar-refractivity contribution >= 4 is 29.4 Å². The molecule has 2 aliphatic carbocycles. The summed E-state index contributed by atoms with van der Waals surface area (Å²) >= 11 is 0. The zero-order valence-electron chi connectivity index (χ0n) is 21.6. The monoisotopic (exact) mass is 515 g/mol. The van der Waals surface area contributed by atoms with Crippen LogP contribution in [0.25, 0.3) is 0 Å². The van der Waals surface area contributed by atoms with E-state index in [9.17, 15) is 19.2 Å². The third kappa shape index (κ3) is 3.96. The van der Waals surface area contributed by atoms with Gasteiger partial charge in [0.2, 0.25) is 11.8 Å². The first-order valence-corrected chi connectivity index (χ1v) is 13.4. The number of anilines is 1. The Morgan fingerprint density at radius 1 is 1.03 bits per heavy atom. The van der Waals surface area contributed by atoms with Crippen molar-refractivity contribution in [2.24, 2.45) is 0 Å². The highest BCUT2D eigenvalue weighted by Crippen LogP contribution is 2.39. The molecule has 198 valence electrons.